The number of hydroxylamine groups is 2. The van der Waals surface area contributed by atoms with Gasteiger partial charge in [0.1, 0.15) is 11.4 Å². The van der Waals surface area contributed by atoms with Crippen molar-refractivity contribution in [2.45, 2.75) is 38.1 Å². The first-order valence-electron chi connectivity index (χ1n) is 4.20. The Bertz CT molecular complexity index is 159. The molecular weight excluding hydrogens is 178 g/mol. The summed E-state index contributed by atoms with van der Waals surface area (Å²) in [7, 11) is 1.67. The van der Waals surface area contributed by atoms with Gasteiger partial charge in [0.05, 0.1) is 0 Å². The van der Waals surface area contributed by atoms with Crippen LogP contribution in [0, 0.1) is 0 Å². The fourth-order valence-corrected chi connectivity index (χ4v) is 1.92. The van der Waals surface area contributed by atoms with E-state index in [9.17, 15) is 8.76 Å². The van der Waals surface area contributed by atoms with Crippen LogP contribution in [0.2, 0.25) is 0 Å². The van der Waals surface area contributed by atoms with Crippen molar-refractivity contribution >= 4 is 11.4 Å². The summed E-state index contributed by atoms with van der Waals surface area (Å²) in [6.45, 7) is 0. The van der Waals surface area contributed by atoms with Gasteiger partial charge in [-0.3, -0.25) is 0 Å². The summed E-state index contributed by atoms with van der Waals surface area (Å²) in [6.07, 6.45) is 5.67. The van der Waals surface area contributed by atoms with Crippen LogP contribution >= 0.6 is 0 Å². The van der Waals surface area contributed by atoms with Gasteiger partial charge in [-0.2, -0.15) is 5.06 Å². The van der Waals surface area contributed by atoms with Crippen molar-refractivity contribution in [1.82, 2.24) is 5.06 Å². The molecule has 72 valence electrons. The second kappa shape index (κ2) is 4.91. The average molecular weight is 192 g/mol. The van der Waals surface area contributed by atoms with Gasteiger partial charge in [-0.15, -0.1) is 0 Å². The summed E-state index contributed by atoms with van der Waals surface area (Å²) in [5.41, 5.74) is 0. The molecule has 1 unspecified atom stereocenters. The fraction of sp³-hybridized carbons (Fsp3) is 1.00. The summed E-state index contributed by atoms with van der Waals surface area (Å²) in [5, 5.41) is 1.45. The lowest BCUT2D eigenvalue weighted by Crippen LogP contribution is -2.33. The topological polar surface area (TPSA) is 52.6 Å². The zero-order valence-corrected chi connectivity index (χ0v) is 8.01. The molecule has 1 fully saturated rings. The maximum atomic E-state index is 10.2. The summed E-state index contributed by atoms with van der Waals surface area (Å²) in [6, 6.07) is 0.275. The molecule has 0 aromatic carbocycles. The van der Waals surface area contributed by atoms with Crippen molar-refractivity contribution in [2.24, 2.45) is 0 Å². The maximum absolute atomic E-state index is 10.2. The van der Waals surface area contributed by atoms with Gasteiger partial charge in [0.2, 0.25) is 0 Å². The Kier molecular flexibility index (Phi) is 4.14. The first kappa shape index (κ1) is 10.1. The molecule has 12 heavy (non-hydrogen) atoms. The average Bonchev–Trinajstić information content (AvgIpc) is 2.05. The van der Waals surface area contributed by atoms with Gasteiger partial charge < -0.3 is 4.55 Å². The van der Waals surface area contributed by atoms with E-state index >= 15 is 0 Å². The molecule has 0 aliphatic heterocycles. The molecule has 0 aromatic rings. The monoisotopic (exact) mass is 192 g/mol. The van der Waals surface area contributed by atoms with Crippen LogP contribution < -0.4 is 0 Å². The van der Waals surface area contributed by atoms with Crippen molar-refractivity contribution in [3.63, 3.8) is 0 Å². The first-order valence-corrected chi connectivity index (χ1v) is 5.20. The Labute approximate surface area is 75.3 Å². The molecule has 1 atom stereocenters. The normalized spacial score (nSPS) is 22.9. The van der Waals surface area contributed by atoms with Crippen molar-refractivity contribution in [3.05, 3.63) is 0 Å². The highest BCUT2D eigenvalue weighted by atomic mass is 32.2. The minimum Gasteiger partial charge on any atom is -0.748 e. The van der Waals surface area contributed by atoms with Gasteiger partial charge in [0.25, 0.3) is 0 Å². The molecular formula is C7H14NO3S-. The van der Waals surface area contributed by atoms with Gasteiger partial charge in [0, 0.05) is 13.1 Å². The zero-order chi connectivity index (χ0) is 8.97. The highest BCUT2D eigenvalue weighted by Gasteiger charge is 2.18. The van der Waals surface area contributed by atoms with Crippen molar-refractivity contribution in [3.8, 4) is 0 Å². The summed E-state index contributed by atoms with van der Waals surface area (Å²) < 4.78 is 24.9. The van der Waals surface area contributed by atoms with E-state index in [2.05, 4.69) is 4.28 Å². The Balaban J connectivity index is 2.29. The Hall–Kier alpha value is 0.0300. The molecule has 0 saturated heterocycles. The molecule has 0 radical (unpaired) electrons. The van der Waals surface area contributed by atoms with E-state index in [1.54, 1.807) is 7.05 Å². The number of hydrogen-bond acceptors (Lipinski definition) is 4. The molecule has 0 spiro atoms. The number of nitrogens with zero attached hydrogens (tertiary/aromatic N) is 1. The summed E-state index contributed by atoms with van der Waals surface area (Å²) in [4.78, 5) is 0. The van der Waals surface area contributed by atoms with Crippen LogP contribution in [0.3, 0.4) is 0 Å². The minimum absolute atomic E-state index is 0.275. The number of rotatable bonds is 3. The van der Waals surface area contributed by atoms with E-state index in [0.29, 0.717) is 0 Å². The number of hydrogen-bond donors (Lipinski definition) is 0. The van der Waals surface area contributed by atoms with E-state index in [1.165, 1.54) is 24.3 Å². The van der Waals surface area contributed by atoms with Crippen LogP contribution in [0.4, 0.5) is 0 Å². The van der Waals surface area contributed by atoms with Crippen LogP contribution in [-0.2, 0) is 15.6 Å². The molecule has 1 saturated carbocycles. The predicted octanol–water partition coefficient (Wildman–Crippen LogP) is 0.977. The maximum Gasteiger partial charge on any atom is 0.106 e. The lowest BCUT2D eigenvalue weighted by Gasteiger charge is -2.29. The third kappa shape index (κ3) is 3.18. The van der Waals surface area contributed by atoms with Crippen LogP contribution in [0.1, 0.15) is 32.1 Å². The van der Waals surface area contributed by atoms with Crippen molar-refractivity contribution in [2.75, 3.05) is 7.05 Å². The smallest absolute Gasteiger partial charge is 0.106 e. The van der Waals surface area contributed by atoms with Crippen LogP contribution in [-0.4, -0.2) is 26.9 Å². The van der Waals surface area contributed by atoms with Gasteiger partial charge in [0.15, 0.2) is 0 Å². The molecule has 0 N–H and O–H groups in total. The summed E-state index contributed by atoms with van der Waals surface area (Å²) in [5.74, 6) is 0. The van der Waals surface area contributed by atoms with E-state index in [1.807, 2.05) is 0 Å². The molecule has 0 bridgehead atoms. The van der Waals surface area contributed by atoms with Crippen LogP contribution in [0.15, 0.2) is 0 Å². The van der Waals surface area contributed by atoms with E-state index < -0.39 is 11.4 Å². The van der Waals surface area contributed by atoms with E-state index in [-0.39, 0.29) is 6.04 Å². The van der Waals surface area contributed by atoms with Crippen molar-refractivity contribution < 1.29 is 13.0 Å². The van der Waals surface area contributed by atoms with Gasteiger partial charge in [-0.05, 0) is 12.8 Å². The standard InChI is InChI=1S/C7H15NO3S/c1-8(11-12(9)10)7-5-3-2-4-6-7/h7H,2-6H2,1H3,(H,9,10)/p-1. The zero-order valence-electron chi connectivity index (χ0n) is 7.19. The second-order valence-electron chi connectivity index (χ2n) is 3.12. The van der Waals surface area contributed by atoms with Crippen LogP contribution in [0.25, 0.3) is 0 Å². The third-order valence-electron chi connectivity index (χ3n) is 2.27. The molecule has 0 amide bonds. The van der Waals surface area contributed by atoms with Gasteiger partial charge in [-0.1, -0.05) is 19.3 Å². The SMILES string of the molecule is CN(OS(=O)[O-])C1CCCCC1. The molecule has 1 aliphatic rings. The van der Waals surface area contributed by atoms with Crippen LogP contribution in [0.5, 0.6) is 0 Å². The molecule has 1 rings (SSSR count). The van der Waals surface area contributed by atoms with Gasteiger partial charge in [-0.25, -0.2) is 8.49 Å². The Morgan fingerprint density at radius 3 is 2.50 bits per heavy atom. The highest BCUT2D eigenvalue weighted by Crippen LogP contribution is 2.21. The summed E-state index contributed by atoms with van der Waals surface area (Å²) >= 11 is -2.42. The van der Waals surface area contributed by atoms with Gasteiger partial charge >= 0.3 is 0 Å². The fourth-order valence-electron chi connectivity index (χ4n) is 1.60. The molecule has 0 heterocycles. The largest absolute Gasteiger partial charge is 0.748 e. The molecule has 5 heteroatoms. The Morgan fingerprint density at radius 1 is 1.42 bits per heavy atom. The predicted molar refractivity (Wildman–Crippen MR) is 44.6 cm³/mol. The molecule has 4 nitrogen and oxygen atoms in total. The lowest BCUT2D eigenvalue weighted by molar-refractivity contribution is -0.0762. The second-order valence-corrected chi connectivity index (χ2v) is 3.67. The first-order chi connectivity index (χ1) is 5.70. The Morgan fingerprint density at radius 2 is 2.00 bits per heavy atom. The third-order valence-corrected chi connectivity index (χ3v) is 2.62. The highest BCUT2D eigenvalue weighted by molar-refractivity contribution is 7.74. The quantitative estimate of drug-likeness (QED) is 0.494. The minimum atomic E-state index is -2.42. The van der Waals surface area contributed by atoms with Crippen molar-refractivity contribution in [1.29, 1.82) is 0 Å². The van der Waals surface area contributed by atoms with E-state index in [4.69, 9.17) is 0 Å². The molecule has 1 aliphatic carbocycles. The lowest BCUT2D eigenvalue weighted by atomic mass is 9.96. The molecule has 0 aromatic heterocycles. The van der Waals surface area contributed by atoms with E-state index in [0.717, 1.165) is 12.8 Å².